The van der Waals surface area contributed by atoms with Crippen LogP contribution in [0.25, 0.3) is 0 Å². The number of nitrogens with zero attached hydrogens (tertiary/aromatic N) is 5. The summed E-state index contributed by atoms with van der Waals surface area (Å²) in [5, 5.41) is 9.14. The number of hydrogen-bond donors (Lipinski definition) is 0. The minimum absolute atomic E-state index is 0.0259. The number of rotatable bonds is 8. The fourth-order valence-corrected chi connectivity index (χ4v) is 4.28. The van der Waals surface area contributed by atoms with Crippen molar-refractivity contribution in [3.05, 3.63) is 53.3 Å². The highest BCUT2D eigenvalue weighted by Crippen LogP contribution is 2.37. The van der Waals surface area contributed by atoms with E-state index in [0.29, 0.717) is 25.3 Å². The molecule has 1 aromatic heterocycles. The van der Waals surface area contributed by atoms with Crippen LogP contribution in [-0.2, 0) is 17.5 Å². The number of ether oxygens (including phenoxy) is 1. The summed E-state index contributed by atoms with van der Waals surface area (Å²) < 4.78 is 46.0. The standard InChI is InChI=1S/C24H26F3N5O2S/c1-23(2)21(33)32(18-8-6-16(13-28)20(12-18)24(25,26)27)22(35)31(23)10-5-11-34-19-9-7-17(29-14-19)15-30(3)4/h6-9,12,14H,5,10-11,15H2,1-4H3. The van der Waals surface area contributed by atoms with Gasteiger partial charge in [-0.1, -0.05) is 0 Å². The predicted octanol–water partition coefficient (Wildman–Crippen LogP) is 4.21. The van der Waals surface area contributed by atoms with Crippen LogP contribution in [0.2, 0.25) is 0 Å². The van der Waals surface area contributed by atoms with Gasteiger partial charge in [-0.25, -0.2) is 0 Å². The summed E-state index contributed by atoms with van der Waals surface area (Å²) in [6.07, 6.45) is -2.57. The van der Waals surface area contributed by atoms with Crippen molar-refractivity contribution in [2.75, 3.05) is 32.1 Å². The van der Waals surface area contributed by atoms with Gasteiger partial charge in [0.2, 0.25) is 0 Å². The van der Waals surface area contributed by atoms with Gasteiger partial charge in [-0.2, -0.15) is 18.4 Å². The fraction of sp³-hybridized carbons (Fsp3) is 0.417. The second-order valence-electron chi connectivity index (χ2n) is 8.90. The van der Waals surface area contributed by atoms with Crippen LogP contribution in [0.1, 0.15) is 37.1 Å². The molecule has 35 heavy (non-hydrogen) atoms. The predicted molar refractivity (Wildman–Crippen MR) is 129 cm³/mol. The number of anilines is 1. The number of aromatic nitrogens is 1. The van der Waals surface area contributed by atoms with Crippen molar-refractivity contribution >= 4 is 28.9 Å². The van der Waals surface area contributed by atoms with Crippen molar-refractivity contribution in [3.63, 3.8) is 0 Å². The molecule has 1 fully saturated rings. The molecule has 1 amide bonds. The molecule has 11 heteroatoms. The summed E-state index contributed by atoms with van der Waals surface area (Å²) >= 11 is 5.49. The van der Waals surface area contributed by atoms with Crippen molar-refractivity contribution in [2.45, 2.75) is 38.5 Å². The van der Waals surface area contributed by atoms with E-state index in [-0.39, 0.29) is 10.8 Å². The van der Waals surface area contributed by atoms with Gasteiger partial charge in [-0.15, -0.1) is 0 Å². The number of hydrogen-bond acceptors (Lipinski definition) is 6. The molecule has 1 aromatic carbocycles. The minimum atomic E-state index is -4.74. The van der Waals surface area contributed by atoms with Crippen LogP contribution in [0.15, 0.2) is 36.5 Å². The molecule has 0 unspecified atom stereocenters. The summed E-state index contributed by atoms with van der Waals surface area (Å²) in [6.45, 7) is 4.76. The maximum Gasteiger partial charge on any atom is 0.417 e. The lowest BCUT2D eigenvalue weighted by molar-refractivity contribution is -0.137. The van der Waals surface area contributed by atoms with E-state index in [0.717, 1.165) is 29.3 Å². The number of halogens is 3. The lowest BCUT2D eigenvalue weighted by Gasteiger charge is -2.29. The van der Waals surface area contributed by atoms with Crippen LogP contribution >= 0.6 is 12.2 Å². The van der Waals surface area contributed by atoms with Crippen molar-refractivity contribution in [1.82, 2.24) is 14.8 Å². The number of thiocarbonyl (C=S) groups is 1. The van der Waals surface area contributed by atoms with E-state index in [1.54, 1.807) is 24.9 Å². The molecule has 0 spiro atoms. The molecule has 3 rings (SSSR count). The number of benzene rings is 1. The molecular formula is C24H26F3N5O2S. The Balaban J connectivity index is 1.69. The van der Waals surface area contributed by atoms with E-state index < -0.39 is 28.7 Å². The molecule has 0 N–H and O–H groups in total. The van der Waals surface area contributed by atoms with Gasteiger partial charge in [0.05, 0.1) is 41.4 Å². The zero-order chi connectivity index (χ0) is 26.0. The van der Waals surface area contributed by atoms with Gasteiger partial charge >= 0.3 is 6.18 Å². The molecule has 0 aliphatic carbocycles. The quantitative estimate of drug-likeness (QED) is 0.393. The lowest BCUT2D eigenvalue weighted by atomic mass is 10.0. The summed E-state index contributed by atoms with van der Waals surface area (Å²) in [5.41, 5.74) is -1.79. The summed E-state index contributed by atoms with van der Waals surface area (Å²) in [6, 6.07) is 8.40. The molecule has 186 valence electrons. The summed E-state index contributed by atoms with van der Waals surface area (Å²) in [4.78, 5) is 22.3. The van der Waals surface area contributed by atoms with E-state index in [1.165, 1.54) is 12.1 Å². The van der Waals surface area contributed by atoms with Crippen LogP contribution in [0, 0.1) is 11.3 Å². The van der Waals surface area contributed by atoms with Gasteiger partial charge in [0, 0.05) is 13.1 Å². The Morgan fingerprint density at radius 2 is 1.94 bits per heavy atom. The highest BCUT2D eigenvalue weighted by Gasteiger charge is 2.49. The zero-order valence-electron chi connectivity index (χ0n) is 19.9. The van der Waals surface area contributed by atoms with Crippen LogP contribution in [0.4, 0.5) is 18.9 Å². The average Bonchev–Trinajstić information content (AvgIpc) is 2.95. The first-order valence-electron chi connectivity index (χ1n) is 10.9. The monoisotopic (exact) mass is 505 g/mol. The van der Waals surface area contributed by atoms with Crippen LogP contribution in [0.5, 0.6) is 5.75 Å². The Labute approximate surface area is 207 Å². The first kappa shape index (κ1) is 26.4. The van der Waals surface area contributed by atoms with Crippen molar-refractivity contribution in [3.8, 4) is 11.8 Å². The van der Waals surface area contributed by atoms with Crippen molar-refractivity contribution in [1.29, 1.82) is 5.26 Å². The van der Waals surface area contributed by atoms with Crippen LogP contribution in [-0.4, -0.2) is 58.6 Å². The van der Waals surface area contributed by atoms with Gasteiger partial charge < -0.3 is 14.5 Å². The third kappa shape index (κ3) is 5.71. The Morgan fingerprint density at radius 3 is 2.51 bits per heavy atom. The molecule has 2 heterocycles. The Kier molecular flexibility index (Phi) is 7.67. The average molecular weight is 506 g/mol. The second-order valence-corrected chi connectivity index (χ2v) is 9.26. The van der Waals surface area contributed by atoms with Gasteiger partial charge in [-0.3, -0.25) is 14.7 Å². The molecule has 1 aliphatic heterocycles. The van der Waals surface area contributed by atoms with E-state index in [2.05, 4.69) is 4.98 Å². The topological polar surface area (TPSA) is 72.7 Å². The molecular weight excluding hydrogens is 479 g/mol. The van der Waals surface area contributed by atoms with Gasteiger partial charge in [-0.05, 0) is 76.9 Å². The van der Waals surface area contributed by atoms with Gasteiger partial charge in [0.15, 0.2) is 5.11 Å². The van der Waals surface area contributed by atoms with Crippen LogP contribution < -0.4 is 9.64 Å². The summed E-state index contributed by atoms with van der Waals surface area (Å²) in [5.74, 6) is 0.174. The van der Waals surface area contributed by atoms with Gasteiger partial charge in [0.1, 0.15) is 11.3 Å². The molecule has 0 saturated carbocycles. The number of amides is 1. The van der Waals surface area contributed by atoms with E-state index in [1.807, 2.05) is 31.1 Å². The highest BCUT2D eigenvalue weighted by molar-refractivity contribution is 7.80. The minimum Gasteiger partial charge on any atom is -0.492 e. The maximum atomic E-state index is 13.4. The largest absolute Gasteiger partial charge is 0.492 e. The normalized spacial score (nSPS) is 15.6. The number of pyridine rings is 1. The van der Waals surface area contributed by atoms with E-state index in [4.69, 9.17) is 22.2 Å². The molecule has 1 saturated heterocycles. The summed E-state index contributed by atoms with van der Waals surface area (Å²) in [7, 11) is 3.91. The number of carbonyl (C=O) groups excluding carboxylic acids is 1. The first-order valence-corrected chi connectivity index (χ1v) is 11.3. The Morgan fingerprint density at radius 1 is 1.23 bits per heavy atom. The smallest absolute Gasteiger partial charge is 0.417 e. The first-order chi connectivity index (χ1) is 16.4. The van der Waals surface area contributed by atoms with Crippen molar-refractivity contribution in [2.24, 2.45) is 0 Å². The molecule has 2 aromatic rings. The van der Waals surface area contributed by atoms with E-state index >= 15 is 0 Å². The van der Waals surface area contributed by atoms with Crippen molar-refractivity contribution < 1.29 is 22.7 Å². The third-order valence-corrected chi connectivity index (χ3v) is 5.98. The number of nitriles is 1. The van der Waals surface area contributed by atoms with Crippen LogP contribution in [0.3, 0.4) is 0 Å². The molecule has 0 atom stereocenters. The zero-order valence-corrected chi connectivity index (χ0v) is 20.7. The third-order valence-electron chi connectivity index (χ3n) is 5.58. The molecule has 1 aliphatic rings. The lowest BCUT2D eigenvalue weighted by Crippen LogP contribution is -2.44. The number of carbonyl (C=O) groups is 1. The highest BCUT2D eigenvalue weighted by atomic mass is 32.1. The molecule has 7 nitrogen and oxygen atoms in total. The van der Waals surface area contributed by atoms with E-state index in [9.17, 15) is 18.0 Å². The fourth-order valence-electron chi connectivity index (χ4n) is 3.77. The second kappa shape index (κ2) is 10.2. The number of alkyl halides is 3. The SMILES string of the molecule is CN(C)Cc1ccc(OCCCN2C(=S)N(c3ccc(C#N)c(C(F)(F)F)c3)C(=O)C2(C)C)cn1. The maximum absolute atomic E-state index is 13.4. The Bertz CT molecular complexity index is 1140. The molecule has 0 bridgehead atoms. The Hall–Kier alpha value is -3.23. The molecule has 0 radical (unpaired) electrons. The van der Waals surface area contributed by atoms with Gasteiger partial charge in [0.25, 0.3) is 5.91 Å².